The van der Waals surface area contributed by atoms with Gasteiger partial charge >= 0.3 is 0 Å². The summed E-state index contributed by atoms with van der Waals surface area (Å²) in [6.45, 7) is 2.19. The molecule has 124 valence electrons. The molecule has 0 aromatic heterocycles. The van der Waals surface area contributed by atoms with Crippen LogP contribution in [0.3, 0.4) is 0 Å². The van der Waals surface area contributed by atoms with Crippen molar-refractivity contribution >= 4 is 16.6 Å². The molecule has 0 atom stereocenters. The molecule has 0 radical (unpaired) electrons. The summed E-state index contributed by atoms with van der Waals surface area (Å²) in [7, 11) is 0. The lowest BCUT2D eigenvalue weighted by Crippen LogP contribution is -2.03. The Bertz CT molecular complexity index is 932. The summed E-state index contributed by atoms with van der Waals surface area (Å²) in [5.41, 5.74) is 3.73. The van der Waals surface area contributed by atoms with Crippen LogP contribution in [-0.4, -0.2) is 5.78 Å². The molecule has 0 aliphatic heterocycles. The molecular weight excluding hydrogens is 306 g/mol. The van der Waals surface area contributed by atoms with Gasteiger partial charge in [0.15, 0.2) is 5.78 Å². The molecule has 0 saturated carbocycles. The SMILES string of the molecule is CCCCc1ccc(CC(=O)c2ccc3cc(C#N)ccc3c2)cc1. The topological polar surface area (TPSA) is 40.9 Å². The van der Waals surface area contributed by atoms with Gasteiger partial charge in [-0.25, -0.2) is 0 Å². The van der Waals surface area contributed by atoms with Crippen molar-refractivity contribution in [1.29, 1.82) is 5.26 Å². The van der Waals surface area contributed by atoms with Crippen molar-refractivity contribution in [2.24, 2.45) is 0 Å². The number of ketones is 1. The minimum Gasteiger partial charge on any atom is -0.294 e. The first-order chi connectivity index (χ1) is 12.2. The third-order valence-corrected chi connectivity index (χ3v) is 4.50. The number of benzene rings is 3. The Morgan fingerprint density at radius 1 is 0.920 bits per heavy atom. The van der Waals surface area contributed by atoms with E-state index in [-0.39, 0.29) is 5.78 Å². The number of unbranched alkanes of at least 4 members (excludes halogenated alkanes) is 1. The van der Waals surface area contributed by atoms with Crippen LogP contribution in [-0.2, 0) is 12.8 Å². The van der Waals surface area contributed by atoms with Gasteiger partial charge in [-0.1, -0.05) is 55.8 Å². The Hall–Kier alpha value is -2.92. The molecule has 0 unspecified atom stereocenters. The van der Waals surface area contributed by atoms with E-state index in [0.717, 1.165) is 22.8 Å². The second-order valence-corrected chi connectivity index (χ2v) is 6.41. The number of carbonyl (C=O) groups is 1. The molecule has 0 fully saturated rings. The molecule has 0 N–H and O–H groups in total. The summed E-state index contributed by atoms with van der Waals surface area (Å²) in [5, 5.41) is 10.9. The maximum atomic E-state index is 12.6. The minimum absolute atomic E-state index is 0.118. The zero-order chi connectivity index (χ0) is 17.6. The number of nitriles is 1. The Morgan fingerprint density at radius 2 is 1.60 bits per heavy atom. The van der Waals surface area contributed by atoms with Crippen LogP contribution in [0.4, 0.5) is 0 Å². The van der Waals surface area contributed by atoms with Gasteiger partial charge in [0.2, 0.25) is 0 Å². The molecule has 0 heterocycles. The Balaban J connectivity index is 1.74. The fourth-order valence-electron chi connectivity index (χ4n) is 2.98. The van der Waals surface area contributed by atoms with Crippen molar-refractivity contribution in [2.75, 3.05) is 0 Å². The predicted octanol–water partition coefficient (Wildman–Crippen LogP) is 5.48. The van der Waals surface area contributed by atoms with Gasteiger partial charge in [-0.05, 0) is 52.9 Å². The average Bonchev–Trinajstić information content (AvgIpc) is 2.66. The summed E-state index contributed by atoms with van der Waals surface area (Å²) in [6.07, 6.45) is 3.90. The molecule has 25 heavy (non-hydrogen) atoms. The minimum atomic E-state index is 0.118. The fourth-order valence-corrected chi connectivity index (χ4v) is 2.98. The molecule has 2 heteroatoms. The highest BCUT2D eigenvalue weighted by atomic mass is 16.1. The lowest BCUT2D eigenvalue weighted by atomic mass is 9.98. The number of rotatable bonds is 6. The van der Waals surface area contributed by atoms with Crippen molar-refractivity contribution in [3.05, 3.63) is 82.9 Å². The Morgan fingerprint density at radius 3 is 2.32 bits per heavy atom. The Kier molecular flexibility index (Phi) is 5.26. The van der Waals surface area contributed by atoms with Crippen LogP contribution in [0.5, 0.6) is 0 Å². The van der Waals surface area contributed by atoms with Crippen LogP contribution in [0.2, 0.25) is 0 Å². The number of Topliss-reactive ketones (excluding diaryl/α,β-unsaturated/α-hetero) is 1. The number of fused-ring (bicyclic) bond motifs is 1. The third kappa shape index (κ3) is 4.14. The molecule has 3 aromatic rings. The largest absolute Gasteiger partial charge is 0.294 e. The highest BCUT2D eigenvalue weighted by Gasteiger charge is 2.08. The molecule has 0 saturated heterocycles. The van der Waals surface area contributed by atoms with E-state index in [1.165, 1.54) is 18.4 Å². The Labute approximate surface area is 148 Å². The van der Waals surface area contributed by atoms with Crippen molar-refractivity contribution in [3.8, 4) is 6.07 Å². The standard InChI is InChI=1S/C23H21NO/c1-2-3-4-17-5-7-18(8-6-17)14-23(25)22-12-11-20-13-19(16-24)9-10-21(20)15-22/h5-13,15H,2-4,14H2,1H3. The van der Waals surface area contributed by atoms with Gasteiger partial charge in [0.1, 0.15) is 0 Å². The zero-order valence-electron chi connectivity index (χ0n) is 14.5. The van der Waals surface area contributed by atoms with E-state index in [0.29, 0.717) is 17.5 Å². The van der Waals surface area contributed by atoms with E-state index in [2.05, 4.69) is 37.3 Å². The van der Waals surface area contributed by atoms with Crippen LogP contribution in [0, 0.1) is 11.3 Å². The van der Waals surface area contributed by atoms with Crippen LogP contribution in [0.1, 0.15) is 46.8 Å². The number of hydrogen-bond acceptors (Lipinski definition) is 2. The van der Waals surface area contributed by atoms with Crippen LogP contribution < -0.4 is 0 Å². The second kappa shape index (κ2) is 7.77. The van der Waals surface area contributed by atoms with Gasteiger partial charge in [-0.2, -0.15) is 5.26 Å². The highest BCUT2D eigenvalue weighted by Crippen LogP contribution is 2.19. The van der Waals surface area contributed by atoms with Crippen molar-refractivity contribution in [1.82, 2.24) is 0 Å². The van der Waals surface area contributed by atoms with E-state index in [1.54, 1.807) is 6.07 Å². The van der Waals surface area contributed by atoms with Crippen LogP contribution in [0.25, 0.3) is 10.8 Å². The number of carbonyl (C=O) groups excluding carboxylic acids is 1. The van der Waals surface area contributed by atoms with Crippen LogP contribution in [0.15, 0.2) is 60.7 Å². The van der Waals surface area contributed by atoms with Crippen molar-refractivity contribution in [3.63, 3.8) is 0 Å². The van der Waals surface area contributed by atoms with Gasteiger partial charge in [-0.3, -0.25) is 4.79 Å². The van der Waals surface area contributed by atoms with Crippen molar-refractivity contribution < 1.29 is 4.79 Å². The number of aryl methyl sites for hydroxylation is 1. The van der Waals surface area contributed by atoms with Crippen molar-refractivity contribution in [2.45, 2.75) is 32.6 Å². The molecule has 3 aromatic carbocycles. The molecule has 2 nitrogen and oxygen atoms in total. The summed E-state index contributed by atoms with van der Waals surface area (Å²) in [6, 6.07) is 21.7. The van der Waals surface area contributed by atoms with Gasteiger partial charge in [0, 0.05) is 12.0 Å². The molecule has 3 rings (SSSR count). The first-order valence-corrected chi connectivity index (χ1v) is 8.74. The lowest BCUT2D eigenvalue weighted by molar-refractivity contribution is 0.0993. The summed E-state index contributed by atoms with van der Waals surface area (Å²) >= 11 is 0. The van der Waals surface area contributed by atoms with E-state index in [9.17, 15) is 4.79 Å². The maximum Gasteiger partial charge on any atom is 0.167 e. The second-order valence-electron chi connectivity index (χ2n) is 6.41. The van der Waals surface area contributed by atoms with Crippen LogP contribution >= 0.6 is 0 Å². The smallest absolute Gasteiger partial charge is 0.167 e. The zero-order valence-corrected chi connectivity index (χ0v) is 14.5. The highest BCUT2D eigenvalue weighted by molar-refractivity contribution is 6.01. The molecule has 0 bridgehead atoms. The average molecular weight is 327 g/mol. The quantitative estimate of drug-likeness (QED) is 0.562. The molecular formula is C23H21NO. The molecule has 0 amide bonds. The summed E-state index contributed by atoms with van der Waals surface area (Å²) in [5.74, 6) is 0.118. The third-order valence-electron chi connectivity index (χ3n) is 4.50. The monoisotopic (exact) mass is 327 g/mol. The number of nitrogens with zero attached hydrogens (tertiary/aromatic N) is 1. The van der Waals surface area contributed by atoms with Gasteiger partial charge in [-0.15, -0.1) is 0 Å². The first-order valence-electron chi connectivity index (χ1n) is 8.74. The van der Waals surface area contributed by atoms with Gasteiger partial charge in [0.05, 0.1) is 11.6 Å². The molecule has 0 spiro atoms. The fraction of sp³-hybridized carbons (Fsp3) is 0.217. The molecule has 0 aliphatic carbocycles. The normalized spacial score (nSPS) is 10.6. The molecule has 0 aliphatic rings. The van der Waals surface area contributed by atoms with E-state index < -0.39 is 0 Å². The predicted molar refractivity (Wildman–Crippen MR) is 102 cm³/mol. The van der Waals surface area contributed by atoms with Gasteiger partial charge < -0.3 is 0 Å². The summed E-state index contributed by atoms with van der Waals surface area (Å²) in [4.78, 5) is 12.6. The number of hydrogen-bond donors (Lipinski definition) is 0. The summed E-state index contributed by atoms with van der Waals surface area (Å²) < 4.78 is 0. The maximum absolute atomic E-state index is 12.6. The van der Waals surface area contributed by atoms with E-state index >= 15 is 0 Å². The first kappa shape index (κ1) is 16.9. The lowest BCUT2D eigenvalue weighted by Gasteiger charge is -2.06. The van der Waals surface area contributed by atoms with E-state index in [4.69, 9.17) is 5.26 Å². The van der Waals surface area contributed by atoms with E-state index in [1.807, 2.05) is 30.3 Å². The van der Waals surface area contributed by atoms with Gasteiger partial charge in [0.25, 0.3) is 0 Å².